The summed E-state index contributed by atoms with van der Waals surface area (Å²) in [5.74, 6) is 0.713. The van der Waals surface area contributed by atoms with Gasteiger partial charge in [-0.15, -0.1) is 5.10 Å². The molecule has 1 amide bonds. The number of hydrogen-bond donors (Lipinski definition) is 0. The van der Waals surface area contributed by atoms with Gasteiger partial charge in [-0.25, -0.2) is 0 Å². The van der Waals surface area contributed by atoms with Crippen molar-refractivity contribution in [1.29, 1.82) is 0 Å². The average molecular weight is 415 g/mol. The molecular weight excluding hydrogens is 394 g/mol. The molecule has 0 saturated carbocycles. The lowest BCUT2D eigenvalue weighted by Crippen LogP contribution is -2.48. The quantitative estimate of drug-likeness (QED) is 0.494. The molecule has 156 valence electrons. The van der Waals surface area contributed by atoms with E-state index in [1.165, 1.54) is 6.26 Å². The number of carbonyl (C=O) groups excluding carboxylic acids is 1. The highest BCUT2D eigenvalue weighted by Gasteiger charge is 2.27. The zero-order valence-electron chi connectivity index (χ0n) is 16.8. The first kappa shape index (κ1) is 19.1. The van der Waals surface area contributed by atoms with Crippen molar-refractivity contribution in [2.75, 3.05) is 26.2 Å². The summed E-state index contributed by atoms with van der Waals surface area (Å²) in [6.45, 7) is 3.32. The Morgan fingerprint density at radius 2 is 1.65 bits per heavy atom. The highest BCUT2D eigenvalue weighted by molar-refractivity contribution is 5.99. The van der Waals surface area contributed by atoms with Crippen molar-refractivity contribution in [3.8, 4) is 16.9 Å². The van der Waals surface area contributed by atoms with Gasteiger partial charge in [-0.3, -0.25) is 9.69 Å². The van der Waals surface area contributed by atoms with E-state index in [-0.39, 0.29) is 5.91 Å². The van der Waals surface area contributed by atoms with E-state index < -0.39 is 0 Å². The van der Waals surface area contributed by atoms with E-state index in [9.17, 15) is 4.79 Å². The summed E-state index contributed by atoms with van der Waals surface area (Å²) in [5, 5.41) is 16.2. The Morgan fingerprint density at radius 1 is 0.935 bits per heavy atom. The molecule has 1 fully saturated rings. The Bertz CT molecular complexity index is 1150. The van der Waals surface area contributed by atoms with Gasteiger partial charge in [-0.2, -0.15) is 4.68 Å². The lowest BCUT2D eigenvalue weighted by atomic mass is 10.1. The predicted octanol–water partition coefficient (Wildman–Crippen LogP) is 2.28. The van der Waals surface area contributed by atoms with E-state index in [0.717, 1.165) is 30.2 Å². The fraction of sp³-hybridized carbons (Fsp3) is 0.227. The Morgan fingerprint density at radius 3 is 2.39 bits per heavy atom. The van der Waals surface area contributed by atoms with Crippen molar-refractivity contribution in [3.05, 3.63) is 78.3 Å². The van der Waals surface area contributed by atoms with Gasteiger partial charge in [0.05, 0.1) is 12.2 Å². The van der Waals surface area contributed by atoms with Gasteiger partial charge in [0, 0.05) is 31.7 Å². The van der Waals surface area contributed by atoms with E-state index in [0.29, 0.717) is 30.9 Å². The molecule has 4 aromatic rings. The molecule has 5 rings (SSSR count). The minimum absolute atomic E-state index is 0.0612. The summed E-state index contributed by atoms with van der Waals surface area (Å²) in [6, 6.07) is 19.4. The Balaban J connectivity index is 1.24. The third-order valence-corrected chi connectivity index (χ3v) is 5.41. The van der Waals surface area contributed by atoms with Crippen LogP contribution in [0, 0.1) is 0 Å². The lowest BCUT2D eigenvalue weighted by molar-refractivity contribution is 0.0624. The topological polar surface area (TPSA) is 93.2 Å². The number of tetrazole rings is 1. The lowest BCUT2D eigenvalue weighted by Gasteiger charge is -2.34. The van der Waals surface area contributed by atoms with Gasteiger partial charge in [0.2, 0.25) is 0 Å². The van der Waals surface area contributed by atoms with E-state index in [1.54, 1.807) is 4.68 Å². The maximum atomic E-state index is 13.1. The molecule has 0 unspecified atom stereocenters. The highest BCUT2D eigenvalue weighted by Crippen LogP contribution is 2.23. The molecule has 31 heavy (non-hydrogen) atoms. The third-order valence-electron chi connectivity index (χ3n) is 5.41. The first-order chi connectivity index (χ1) is 15.3. The number of amides is 1. The minimum Gasteiger partial charge on any atom is -0.363 e. The zero-order chi connectivity index (χ0) is 21.0. The fourth-order valence-corrected chi connectivity index (χ4v) is 3.75. The molecular formula is C22H21N7O2. The summed E-state index contributed by atoms with van der Waals surface area (Å²) in [5.41, 5.74) is 2.87. The van der Waals surface area contributed by atoms with Crippen LogP contribution in [0.2, 0.25) is 0 Å². The van der Waals surface area contributed by atoms with Crippen LogP contribution in [0.15, 0.2) is 71.4 Å². The van der Waals surface area contributed by atoms with Gasteiger partial charge in [0.25, 0.3) is 5.91 Å². The normalized spacial score (nSPS) is 14.6. The molecule has 1 aliphatic rings. The molecule has 2 aromatic carbocycles. The molecule has 9 heteroatoms. The molecule has 0 spiro atoms. The molecule has 0 aliphatic carbocycles. The van der Waals surface area contributed by atoms with E-state index in [4.69, 9.17) is 4.52 Å². The number of carbonyl (C=O) groups is 1. The second-order valence-electron chi connectivity index (χ2n) is 7.35. The third kappa shape index (κ3) is 3.95. The van der Waals surface area contributed by atoms with Crippen molar-refractivity contribution in [2.24, 2.45) is 0 Å². The van der Waals surface area contributed by atoms with Crippen molar-refractivity contribution in [3.63, 3.8) is 0 Å². The summed E-state index contributed by atoms with van der Waals surface area (Å²) < 4.78 is 6.88. The predicted molar refractivity (Wildman–Crippen MR) is 112 cm³/mol. The number of para-hydroxylation sites is 1. The van der Waals surface area contributed by atoms with E-state index in [2.05, 4.69) is 25.6 Å². The van der Waals surface area contributed by atoms with Gasteiger partial charge in [0.1, 0.15) is 17.5 Å². The monoisotopic (exact) mass is 415 g/mol. The van der Waals surface area contributed by atoms with Crippen LogP contribution < -0.4 is 0 Å². The summed E-state index contributed by atoms with van der Waals surface area (Å²) in [4.78, 5) is 17.2. The molecule has 1 saturated heterocycles. The van der Waals surface area contributed by atoms with Gasteiger partial charge >= 0.3 is 0 Å². The smallest absolute Gasteiger partial charge is 0.259 e. The molecule has 3 heterocycles. The molecule has 9 nitrogen and oxygen atoms in total. The van der Waals surface area contributed by atoms with Gasteiger partial charge in [-0.05, 0) is 22.6 Å². The molecule has 0 radical (unpaired) electrons. The van der Waals surface area contributed by atoms with Crippen LogP contribution in [-0.4, -0.2) is 67.2 Å². The van der Waals surface area contributed by atoms with Gasteiger partial charge < -0.3 is 9.42 Å². The van der Waals surface area contributed by atoms with Crippen molar-refractivity contribution in [1.82, 2.24) is 35.2 Å². The minimum atomic E-state index is -0.0612. The highest BCUT2D eigenvalue weighted by atomic mass is 16.5. The zero-order valence-corrected chi connectivity index (χ0v) is 16.8. The van der Waals surface area contributed by atoms with Crippen molar-refractivity contribution in [2.45, 2.75) is 6.54 Å². The Labute approximate surface area is 178 Å². The van der Waals surface area contributed by atoms with Crippen LogP contribution in [0.3, 0.4) is 0 Å². The average Bonchev–Trinajstić information content (AvgIpc) is 3.50. The van der Waals surface area contributed by atoms with Crippen LogP contribution in [0.1, 0.15) is 16.2 Å². The van der Waals surface area contributed by atoms with Crippen LogP contribution in [0.25, 0.3) is 16.9 Å². The maximum absolute atomic E-state index is 13.1. The van der Waals surface area contributed by atoms with Crippen LogP contribution in [0.4, 0.5) is 0 Å². The van der Waals surface area contributed by atoms with E-state index in [1.807, 2.05) is 65.6 Å². The number of piperazine rings is 1. The maximum Gasteiger partial charge on any atom is 0.259 e. The van der Waals surface area contributed by atoms with Gasteiger partial charge in [-0.1, -0.05) is 53.7 Å². The van der Waals surface area contributed by atoms with Crippen LogP contribution >= 0.6 is 0 Å². The van der Waals surface area contributed by atoms with Crippen molar-refractivity contribution < 1.29 is 9.32 Å². The number of hydrogen-bond acceptors (Lipinski definition) is 7. The first-order valence-electron chi connectivity index (χ1n) is 10.1. The number of benzene rings is 2. The Kier molecular flexibility index (Phi) is 5.24. The van der Waals surface area contributed by atoms with Gasteiger partial charge in [0.15, 0.2) is 5.82 Å². The standard InChI is InChI=1S/C22H21N7O2/c30-22(19-16-31-24-21(19)17-7-3-1-4-8-17)28-13-11-27(12-14-28)15-20-23-25-26-29(20)18-9-5-2-6-10-18/h1-10,16H,11-15H2. The molecule has 0 atom stereocenters. The Hall–Kier alpha value is -3.85. The second-order valence-corrected chi connectivity index (χ2v) is 7.35. The molecule has 1 aliphatic heterocycles. The molecule has 2 aromatic heterocycles. The second kappa shape index (κ2) is 8.49. The van der Waals surface area contributed by atoms with E-state index >= 15 is 0 Å². The SMILES string of the molecule is O=C(c1conc1-c1ccccc1)N1CCN(Cc2nnnn2-c2ccccc2)CC1. The summed E-state index contributed by atoms with van der Waals surface area (Å²) in [6.07, 6.45) is 1.44. The molecule has 0 N–H and O–H groups in total. The number of aromatic nitrogens is 5. The van der Waals surface area contributed by atoms with Crippen molar-refractivity contribution >= 4 is 5.91 Å². The van der Waals surface area contributed by atoms with Crippen LogP contribution in [-0.2, 0) is 6.54 Å². The molecule has 0 bridgehead atoms. The van der Waals surface area contributed by atoms with Crippen LogP contribution in [0.5, 0.6) is 0 Å². The number of rotatable bonds is 5. The number of nitrogens with zero attached hydrogens (tertiary/aromatic N) is 7. The summed E-state index contributed by atoms with van der Waals surface area (Å²) >= 11 is 0. The fourth-order valence-electron chi connectivity index (χ4n) is 3.75. The summed E-state index contributed by atoms with van der Waals surface area (Å²) in [7, 11) is 0. The first-order valence-corrected chi connectivity index (χ1v) is 10.1. The largest absolute Gasteiger partial charge is 0.363 e.